The van der Waals surface area contributed by atoms with Gasteiger partial charge >= 0.3 is 0 Å². The molecule has 0 unspecified atom stereocenters. The lowest BCUT2D eigenvalue weighted by molar-refractivity contribution is -0.0282. The Morgan fingerprint density at radius 1 is 1.11 bits per heavy atom. The average Bonchev–Trinajstić information content (AvgIpc) is 3.57. The number of unbranched alkanes of at least 4 members (excludes halogenated alkanes) is 2. The highest BCUT2D eigenvalue weighted by Crippen LogP contribution is 2.54. The molecule has 2 fully saturated rings. The molecule has 1 saturated heterocycles. The van der Waals surface area contributed by atoms with Crippen molar-refractivity contribution < 1.29 is 4.74 Å². The van der Waals surface area contributed by atoms with Gasteiger partial charge in [0.15, 0.2) is 5.82 Å². The van der Waals surface area contributed by atoms with Crippen LogP contribution in [-0.4, -0.2) is 58.8 Å². The Morgan fingerprint density at radius 2 is 1.92 bits per heavy atom. The first-order valence-electron chi connectivity index (χ1n) is 13.3. The Kier molecular flexibility index (Phi) is 6.83. The van der Waals surface area contributed by atoms with Gasteiger partial charge in [-0.25, -0.2) is 4.98 Å². The Labute approximate surface area is 214 Å². The summed E-state index contributed by atoms with van der Waals surface area (Å²) in [5.41, 5.74) is 11.0. The fourth-order valence-corrected chi connectivity index (χ4v) is 6.06. The van der Waals surface area contributed by atoms with Crippen molar-refractivity contribution in [2.75, 3.05) is 44.8 Å². The molecular formula is C28H41N7O. The maximum absolute atomic E-state index is 5.99. The van der Waals surface area contributed by atoms with Crippen molar-refractivity contribution in [3.63, 3.8) is 0 Å². The van der Waals surface area contributed by atoms with Crippen molar-refractivity contribution in [2.24, 2.45) is 5.41 Å². The van der Waals surface area contributed by atoms with Gasteiger partial charge in [-0.2, -0.15) is 4.98 Å². The number of likely N-dealkylation sites (tertiary alicyclic amines) is 1. The number of hydrogen-bond donors (Lipinski definition) is 3. The molecule has 194 valence electrons. The number of nitrogens with zero attached hydrogens (tertiary/aromatic N) is 4. The molecular weight excluding hydrogens is 450 g/mol. The molecule has 1 aliphatic heterocycles. The Morgan fingerprint density at radius 3 is 2.61 bits per heavy atom. The summed E-state index contributed by atoms with van der Waals surface area (Å²) in [6.07, 6.45) is 8.14. The summed E-state index contributed by atoms with van der Waals surface area (Å²) in [6, 6.07) is 8.63. The molecule has 0 amide bonds. The predicted molar refractivity (Wildman–Crippen MR) is 146 cm³/mol. The summed E-state index contributed by atoms with van der Waals surface area (Å²) in [4.78, 5) is 11.5. The lowest BCUT2D eigenvalue weighted by atomic mass is 9.72. The minimum atomic E-state index is 0.296. The van der Waals surface area contributed by atoms with Crippen molar-refractivity contribution in [3.8, 4) is 5.75 Å². The molecule has 0 spiro atoms. The maximum Gasteiger partial charge on any atom is 0.222 e. The van der Waals surface area contributed by atoms with Crippen LogP contribution in [0.25, 0.3) is 11.0 Å². The number of fused-ring (bicyclic) bond motifs is 1. The maximum atomic E-state index is 5.99. The summed E-state index contributed by atoms with van der Waals surface area (Å²) in [5.74, 6) is 2.01. The normalized spacial score (nSPS) is 18.2. The fourth-order valence-electron chi connectivity index (χ4n) is 6.06. The van der Waals surface area contributed by atoms with Crippen LogP contribution >= 0.6 is 0 Å². The van der Waals surface area contributed by atoms with E-state index >= 15 is 0 Å². The fraction of sp³-hybridized carbons (Fsp3) is 0.571. The van der Waals surface area contributed by atoms with E-state index < -0.39 is 0 Å². The summed E-state index contributed by atoms with van der Waals surface area (Å²) >= 11 is 0. The summed E-state index contributed by atoms with van der Waals surface area (Å²) < 4.78 is 8.02. The molecule has 8 heteroatoms. The molecule has 8 nitrogen and oxygen atoms in total. The first-order valence-corrected chi connectivity index (χ1v) is 13.3. The van der Waals surface area contributed by atoms with E-state index in [2.05, 4.69) is 75.4 Å². The number of aromatic nitrogens is 3. The van der Waals surface area contributed by atoms with Crippen LogP contribution in [0.15, 0.2) is 30.5 Å². The van der Waals surface area contributed by atoms with Gasteiger partial charge in [-0.3, -0.25) is 4.90 Å². The number of methoxy groups -OCH3 is 1. The second-order valence-electron chi connectivity index (χ2n) is 10.9. The molecule has 36 heavy (non-hydrogen) atoms. The minimum Gasteiger partial charge on any atom is -0.496 e. The van der Waals surface area contributed by atoms with Crippen LogP contribution in [0.3, 0.4) is 0 Å². The molecule has 3 heterocycles. The third-order valence-corrected chi connectivity index (χ3v) is 8.33. The van der Waals surface area contributed by atoms with E-state index in [0.717, 1.165) is 60.8 Å². The van der Waals surface area contributed by atoms with Gasteiger partial charge in [-0.05, 0) is 44.0 Å². The second-order valence-corrected chi connectivity index (χ2v) is 10.9. The van der Waals surface area contributed by atoms with Crippen molar-refractivity contribution in [1.82, 2.24) is 24.8 Å². The summed E-state index contributed by atoms with van der Waals surface area (Å²) in [6.45, 7) is 9.43. The molecule has 0 atom stereocenters. The minimum absolute atomic E-state index is 0.296. The van der Waals surface area contributed by atoms with Gasteiger partial charge in [0.1, 0.15) is 11.3 Å². The molecule has 2 aromatic heterocycles. The molecule has 3 aromatic rings. The third kappa shape index (κ3) is 4.64. The zero-order chi connectivity index (χ0) is 25.3. The van der Waals surface area contributed by atoms with Gasteiger partial charge in [0.25, 0.3) is 0 Å². The van der Waals surface area contributed by atoms with Gasteiger partial charge in [0, 0.05) is 48.9 Å². The van der Waals surface area contributed by atoms with Gasteiger partial charge in [0.2, 0.25) is 5.95 Å². The molecule has 0 radical (unpaired) electrons. The van der Waals surface area contributed by atoms with E-state index in [1.807, 2.05) is 6.07 Å². The number of nitrogen functional groups attached to an aromatic ring is 1. The van der Waals surface area contributed by atoms with Crippen LogP contribution in [0, 0.1) is 5.41 Å². The zero-order valence-corrected chi connectivity index (χ0v) is 22.2. The number of rotatable bonds is 12. The molecule has 5 rings (SSSR count). The SMILES string of the molecule is CCCCCNc1nc(N)nc2ccn(Cc3ccc(CN4CC(C)(C5(NC)CC5)C4)cc3OC)c12. The van der Waals surface area contributed by atoms with Crippen molar-refractivity contribution in [3.05, 3.63) is 41.6 Å². The molecule has 1 aromatic carbocycles. The van der Waals surface area contributed by atoms with Crippen LogP contribution in [0.5, 0.6) is 5.75 Å². The van der Waals surface area contributed by atoms with E-state index in [0.29, 0.717) is 23.4 Å². The number of anilines is 2. The smallest absolute Gasteiger partial charge is 0.222 e. The predicted octanol–water partition coefficient (Wildman–Crippen LogP) is 4.25. The van der Waals surface area contributed by atoms with Crippen LogP contribution in [0.4, 0.5) is 11.8 Å². The molecule has 1 aliphatic carbocycles. The van der Waals surface area contributed by atoms with Crippen LogP contribution in [0.2, 0.25) is 0 Å². The Bertz CT molecular complexity index is 1210. The molecule has 4 N–H and O–H groups in total. The standard InChI is InChI=1S/C28H41N7O/c1-5-6-7-13-31-25-24-22(32-26(29)33-25)10-14-35(24)17-21-9-8-20(15-23(21)36-4)16-34-18-27(2,19-34)28(30-3)11-12-28/h8-10,14-15,30H,5-7,11-13,16-19H2,1-4H3,(H3,29,31,32,33). The number of benzene rings is 1. The monoisotopic (exact) mass is 491 g/mol. The Balaban J connectivity index is 1.30. The number of ether oxygens (including phenoxy) is 1. The third-order valence-electron chi connectivity index (χ3n) is 8.33. The van der Waals surface area contributed by atoms with Gasteiger partial charge in [0.05, 0.1) is 19.2 Å². The van der Waals surface area contributed by atoms with Crippen molar-refractivity contribution in [1.29, 1.82) is 0 Å². The van der Waals surface area contributed by atoms with E-state index in [-0.39, 0.29) is 0 Å². The van der Waals surface area contributed by atoms with Crippen LogP contribution in [-0.2, 0) is 13.1 Å². The highest BCUT2D eigenvalue weighted by atomic mass is 16.5. The number of nitrogens with one attached hydrogen (secondary N) is 2. The molecule has 1 saturated carbocycles. The number of hydrogen-bond acceptors (Lipinski definition) is 7. The van der Waals surface area contributed by atoms with Crippen LogP contribution in [0.1, 0.15) is 57.1 Å². The molecule has 2 aliphatic rings. The van der Waals surface area contributed by atoms with E-state index in [9.17, 15) is 0 Å². The zero-order valence-electron chi connectivity index (χ0n) is 22.2. The lowest BCUT2D eigenvalue weighted by Gasteiger charge is -2.53. The molecule has 0 bridgehead atoms. The highest BCUT2D eigenvalue weighted by molar-refractivity contribution is 5.87. The first kappa shape index (κ1) is 24.8. The summed E-state index contributed by atoms with van der Waals surface area (Å²) in [7, 11) is 3.87. The van der Waals surface area contributed by atoms with E-state index in [1.54, 1.807) is 7.11 Å². The second kappa shape index (κ2) is 9.90. The lowest BCUT2D eigenvalue weighted by Crippen LogP contribution is -2.64. The first-order chi connectivity index (χ1) is 17.4. The highest BCUT2D eigenvalue weighted by Gasteiger charge is 2.60. The van der Waals surface area contributed by atoms with Crippen LogP contribution < -0.4 is 21.1 Å². The number of nitrogens with two attached hydrogens (primary N) is 1. The van der Waals surface area contributed by atoms with Gasteiger partial charge in [-0.15, -0.1) is 0 Å². The van der Waals surface area contributed by atoms with Crippen molar-refractivity contribution >= 4 is 22.8 Å². The van der Waals surface area contributed by atoms with E-state index in [4.69, 9.17) is 10.5 Å². The van der Waals surface area contributed by atoms with Gasteiger partial charge in [-0.1, -0.05) is 38.8 Å². The largest absolute Gasteiger partial charge is 0.496 e. The van der Waals surface area contributed by atoms with E-state index in [1.165, 1.54) is 31.2 Å². The Hall–Kier alpha value is -2.84. The average molecular weight is 492 g/mol. The van der Waals surface area contributed by atoms with Gasteiger partial charge < -0.3 is 25.7 Å². The topological polar surface area (TPSA) is 93.3 Å². The van der Waals surface area contributed by atoms with Crippen molar-refractivity contribution in [2.45, 2.75) is 64.6 Å². The quantitative estimate of drug-likeness (QED) is 0.326. The summed E-state index contributed by atoms with van der Waals surface area (Å²) in [5, 5.41) is 7.07.